The predicted octanol–water partition coefficient (Wildman–Crippen LogP) is 3.04. The second kappa shape index (κ2) is 5.68. The summed E-state index contributed by atoms with van der Waals surface area (Å²) in [6, 6.07) is 0.221. The van der Waals surface area contributed by atoms with E-state index in [1.165, 1.54) is 0 Å². The average molecular weight is 268 g/mol. The standard InChI is InChI=1S/C14H24N2OS/c1-10-4-6-14(17,7-5-10)9-15-11(2)13-8-18-12(3)16-13/h8,10-11,15,17H,4-7,9H2,1-3H3. The molecule has 0 spiro atoms. The van der Waals surface area contributed by atoms with Gasteiger partial charge in [0.15, 0.2) is 0 Å². The number of aliphatic hydroxyl groups is 1. The van der Waals surface area contributed by atoms with E-state index >= 15 is 0 Å². The molecule has 0 amide bonds. The van der Waals surface area contributed by atoms with Crippen molar-refractivity contribution in [3.63, 3.8) is 0 Å². The molecule has 0 aromatic carbocycles. The van der Waals surface area contributed by atoms with Gasteiger partial charge in [-0.25, -0.2) is 4.98 Å². The Morgan fingerprint density at radius 2 is 2.22 bits per heavy atom. The third-order valence-electron chi connectivity index (χ3n) is 4.02. The molecule has 1 aliphatic carbocycles. The van der Waals surface area contributed by atoms with Crippen molar-refractivity contribution in [2.24, 2.45) is 5.92 Å². The maximum atomic E-state index is 10.5. The van der Waals surface area contributed by atoms with Gasteiger partial charge in [0.25, 0.3) is 0 Å². The topological polar surface area (TPSA) is 45.2 Å². The number of aromatic nitrogens is 1. The van der Waals surface area contributed by atoms with Gasteiger partial charge in [0.05, 0.1) is 16.3 Å². The fraction of sp³-hybridized carbons (Fsp3) is 0.786. The quantitative estimate of drug-likeness (QED) is 0.882. The first-order valence-electron chi connectivity index (χ1n) is 6.86. The van der Waals surface area contributed by atoms with E-state index in [1.807, 2.05) is 6.92 Å². The van der Waals surface area contributed by atoms with Gasteiger partial charge in [-0.2, -0.15) is 0 Å². The number of hydrogen-bond donors (Lipinski definition) is 2. The molecule has 2 N–H and O–H groups in total. The molecule has 1 aromatic heterocycles. The summed E-state index contributed by atoms with van der Waals surface area (Å²) in [6.07, 6.45) is 4.12. The number of thiazole rings is 1. The molecular formula is C14H24N2OS. The lowest BCUT2D eigenvalue weighted by Gasteiger charge is -2.35. The Morgan fingerprint density at radius 1 is 1.56 bits per heavy atom. The van der Waals surface area contributed by atoms with Crippen LogP contribution in [0, 0.1) is 12.8 Å². The third kappa shape index (κ3) is 3.53. The average Bonchev–Trinajstić information content (AvgIpc) is 2.77. The van der Waals surface area contributed by atoms with E-state index in [4.69, 9.17) is 0 Å². The van der Waals surface area contributed by atoms with Gasteiger partial charge in [-0.1, -0.05) is 6.92 Å². The van der Waals surface area contributed by atoms with Crippen molar-refractivity contribution in [2.45, 2.75) is 58.1 Å². The molecule has 1 aromatic rings. The van der Waals surface area contributed by atoms with E-state index in [0.717, 1.165) is 42.3 Å². The number of nitrogens with zero attached hydrogens (tertiary/aromatic N) is 1. The number of aryl methyl sites for hydroxylation is 1. The molecular weight excluding hydrogens is 244 g/mol. The van der Waals surface area contributed by atoms with Crippen LogP contribution < -0.4 is 5.32 Å². The fourth-order valence-corrected chi connectivity index (χ4v) is 3.21. The van der Waals surface area contributed by atoms with Crippen molar-refractivity contribution in [3.8, 4) is 0 Å². The molecule has 0 saturated heterocycles. The number of nitrogens with one attached hydrogen (secondary N) is 1. The molecule has 102 valence electrons. The van der Waals surface area contributed by atoms with E-state index in [1.54, 1.807) is 11.3 Å². The van der Waals surface area contributed by atoms with Crippen molar-refractivity contribution in [1.82, 2.24) is 10.3 Å². The maximum Gasteiger partial charge on any atom is 0.0898 e. The first-order chi connectivity index (χ1) is 8.48. The Kier molecular flexibility index (Phi) is 4.41. The molecule has 4 heteroatoms. The lowest BCUT2D eigenvalue weighted by atomic mass is 9.79. The molecule has 1 saturated carbocycles. The molecule has 0 radical (unpaired) electrons. The molecule has 3 nitrogen and oxygen atoms in total. The molecule has 1 heterocycles. The van der Waals surface area contributed by atoms with Crippen LogP contribution in [-0.2, 0) is 0 Å². The highest BCUT2D eigenvalue weighted by molar-refractivity contribution is 7.09. The highest BCUT2D eigenvalue weighted by Gasteiger charge is 2.31. The summed E-state index contributed by atoms with van der Waals surface area (Å²) in [5.41, 5.74) is 0.580. The van der Waals surface area contributed by atoms with Crippen LogP contribution in [-0.4, -0.2) is 22.2 Å². The Morgan fingerprint density at radius 3 is 2.78 bits per heavy atom. The lowest BCUT2D eigenvalue weighted by molar-refractivity contribution is -0.00790. The van der Waals surface area contributed by atoms with Crippen molar-refractivity contribution < 1.29 is 5.11 Å². The van der Waals surface area contributed by atoms with Gasteiger partial charge in [-0.15, -0.1) is 11.3 Å². The summed E-state index contributed by atoms with van der Waals surface area (Å²) in [7, 11) is 0. The van der Waals surface area contributed by atoms with E-state index < -0.39 is 5.60 Å². The zero-order valence-corrected chi connectivity index (χ0v) is 12.4. The summed E-state index contributed by atoms with van der Waals surface area (Å²) in [6.45, 7) is 7.09. The van der Waals surface area contributed by atoms with Crippen LogP contribution in [0.1, 0.15) is 56.3 Å². The van der Waals surface area contributed by atoms with Gasteiger partial charge < -0.3 is 10.4 Å². The van der Waals surface area contributed by atoms with Crippen LogP contribution >= 0.6 is 11.3 Å². The minimum absolute atomic E-state index is 0.221. The predicted molar refractivity (Wildman–Crippen MR) is 75.9 cm³/mol. The molecule has 18 heavy (non-hydrogen) atoms. The Labute approximate surface area is 114 Å². The van der Waals surface area contributed by atoms with Crippen LogP contribution in [0.25, 0.3) is 0 Å². The third-order valence-corrected chi connectivity index (χ3v) is 4.81. The lowest BCUT2D eigenvalue weighted by Crippen LogP contribution is -2.44. The number of hydrogen-bond acceptors (Lipinski definition) is 4. The van der Waals surface area contributed by atoms with Crippen molar-refractivity contribution in [3.05, 3.63) is 16.1 Å². The van der Waals surface area contributed by atoms with Crippen LogP contribution in [0.15, 0.2) is 5.38 Å². The van der Waals surface area contributed by atoms with Crippen LogP contribution in [0.5, 0.6) is 0 Å². The Balaban J connectivity index is 1.84. The van der Waals surface area contributed by atoms with Gasteiger partial charge >= 0.3 is 0 Å². The van der Waals surface area contributed by atoms with Gasteiger partial charge in [-0.05, 0) is 45.4 Å². The first kappa shape index (κ1) is 14.0. The molecule has 1 aliphatic rings. The second-order valence-corrected chi connectivity index (χ2v) is 6.86. The molecule has 1 atom stereocenters. The molecule has 0 bridgehead atoms. The molecule has 0 aliphatic heterocycles. The van der Waals surface area contributed by atoms with E-state index in [-0.39, 0.29) is 6.04 Å². The summed E-state index contributed by atoms with van der Waals surface area (Å²) >= 11 is 1.68. The van der Waals surface area contributed by atoms with Crippen molar-refractivity contribution in [2.75, 3.05) is 6.54 Å². The van der Waals surface area contributed by atoms with Gasteiger partial charge in [0, 0.05) is 18.0 Å². The Bertz CT molecular complexity index is 383. The molecule has 1 fully saturated rings. The number of rotatable bonds is 4. The summed E-state index contributed by atoms with van der Waals surface area (Å²) in [5, 5.41) is 17.1. The highest BCUT2D eigenvalue weighted by atomic mass is 32.1. The Hall–Kier alpha value is -0.450. The van der Waals surface area contributed by atoms with Gasteiger partial charge in [0.2, 0.25) is 0 Å². The van der Waals surface area contributed by atoms with Crippen LogP contribution in [0.4, 0.5) is 0 Å². The van der Waals surface area contributed by atoms with E-state index in [0.29, 0.717) is 6.54 Å². The normalized spacial score (nSPS) is 30.3. The minimum atomic E-state index is -0.508. The summed E-state index contributed by atoms with van der Waals surface area (Å²) in [5.74, 6) is 0.767. The fourth-order valence-electron chi connectivity index (χ4n) is 2.50. The van der Waals surface area contributed by atoms with Gasteiger partial charge in [0.1, 0.15) is 0 Å². The van der Waals surface area contributed by atoms with Crippen molar-refractivity contribution in [1.29, 1.82) is 0 Å². The minimum Gasteiger partial charge on any atom is -0.389 e. The van der Waals surface area contributed by atoms with E-state index in [9.17, 15) is 5.11 Å². The highest BCUT2D eigenvalue weighted by Crippen LogP contribution is 2.31. The summed E-state index contributed by atoms with van der Waals surface area (Å²) < 4.78 is 0. The molecule has 1 unspecified atom stereocenters. The molecule has 2 rings (SSSR count). The SMILES string of the molecule is Cc1nc(C(C)NCC2(O)CCC(C)CC2)cs1. The van der Waals surface area contributed by atoms with Crippen LogP contribution in [0.3, 0.4) is 0 Å². The smallest absolute Gasteiger partial charge is 0.0898 e. The van der Waals surface area contributed by atoms with E-state index in [2.05, 4.69) is 29.5 Å². The second-order valence-electron chi connectivity index (χ2n) is 5.80. The largest absolute Gasteiger partial charge is 0.389 e. The monoisotopic (exact) mass is 268 g/mol. The van der Waals surface area contributed by atoms with Crippen molar-refractivity contribution >= 4 is 11.3 Å². The first-order valence-corrected chi connectivity index (χ1v) is 7.74. The van der Waals surface area contributed by atoms with Crippen LogP contribution in [0.2, 0.25) is 0 Å². The maximum absolute atomic E-state index is 10.5. The zero-order valence-electron chi connectivity index (χ0n) is 11.6. The summed E-state index contributed by atoms with van der Waals surface area (Å²) in [4.78, 5) is 4.48. The zero-order chi connectivity index (χ0) is 13.2. The van der Waals surface area contributed by atoms with Gasteiger partial charge in [-0.3, -0.25) is 0 Å².